The van der Waals surface area contributed by atoms with Crippen LogP contribution >= 0.6 is 0 Å². The van der Waals surface area contributed by atoms with E-state index < -0.39 is 0 Å². The third kappa shape index (κ3) is 2.84. The van der Waals surface area contributed by atoms with Crippen molar-refractivity contribution in [3.63, 3.8) is 0 Å². The summed E-state index contributed by atoms with van der Waals surface area (Å²) in [6.45, 7) is 7.49. The number of rotatable bonds is 3. The highest BCUT2D eigenvalue weighted by Crippen LogP contribution is 2.28. The van der Waals surface area contributed by atoms with Gasteiger partial charge in [0, 0.05) is 31.9 Å². The topological polar surface area (TPSA) is 86.6 Å². The molecule has 3 saturated heterocycles. The van der Waals surface area contributed by atoms with Gasteiger partial charge in [-0.1, -0.05) is 6.92 Å². The number of aromatic nitrogens is 4. The second-order valence-corrected chi connectivity index (χ2v) is 7.22. The summed E-state index contributed by atoms with van der Waals surface area (Å²) < 4.78 is 1.25. The number of piperidine rings is 1. The number of hydrogen-bond donors (Lipinski definition) is 1. The molecule has 0 aromatic carbocycles. The average Bonchev–Trinajstić information content (AvgIpc) is 2.77. The number of hydrogen-bond acceptors (Lipinski definition) is 5. The van der Waals surface area contributed by atoms with Crippen molar-refractivity contribution in [3.8, 4) is 0 Å². The maximum absolute atomic E-state index is 13.0. The fourth-order valence-electron chi connectivity index (χ4n) is 4.19. The standard InChI is InChI=1S/C17H24N6O2/c1-3-6-21-8-12-4-5-13(21)10-22(9-12)15(24)14-7-18-17-19-11(2)20-23(17)16(14)25/h7,12-13H,3-6,8-10H2,1-2H3,(H,18,19,20)/t12-,13-/m1/s1. The molecule has 0 spiro atoms. The van der Waals surface area contributed by atoms with Crippen molar-refractivity contribution in [2.75, 3.05) is 26.2 Å². The lowest BCUT2D eigenvalue weighted by Gasteiger charge is -2.35. The summed E-state index contributed by atoms with van der Waals surface area (Å²) in [6, 6.07) is 0.400. The Labute approximate surface area is 145 Å². The minimum atomic E-state index is -0.377. The molecule has 3 fully saturated rings. The van der Waals surface area contributed by atoms with Gasteiger partial charge in [0.1, 0.15) is 11.4 Å². The highest BCUT2D eigenvalue weighted by molar-refractivity contribution is 5.93. The van der Waals surface area contributed by atoms with E-state index in [2.05, 4.69) is 26.9 Å². The number of aryl methyl sites for hydroxylation is 1. The molecule has 8 heteroatoms. The first kappa shape index (κ1) is 16.3. The van der Waals surface area contributed by atoms with E-state index in [1.54, 1.807) is 6.92 Å². The van der Waals surface area contributed by atoms with Gasteiger partial charge in [-0.2, -0.15) is 9.50 Å². The van der Waals surface area contributed by atoms with Crippen molar-refractivity contribution in [2.24, 2.45) is 5.92 Å². The molecule has 3 aliphatic rings. The number of aromatic amines is 1. The number of nitrogens with zero attached hydrogens (tertiary/aromatic N) is 5. The largest absolute Gasteiger partial charge is 0.337 e. The molecule has 5 heterocycles. The van der Waals surface area contributed by atoms with Gasteiger partial charge >= 0.3 is 0 Å². The van der Waals surface area contributed by atoms with E-state index in [1.165, 1.54) is 10.7 Å². The molecule has 2 aromatic heterocycles. The number of H-pyrrole nitrogens is 1. The van der Waals surface area contributed by atoms with Gasteiger partial charge in [0.15, 0.2) is 0 Å². The molecule has 5 rings (SSSR count). The Morgan fingerprint density at radius 1 is 1.32 bits per heavy atom. The third-order valence-electron chi connectivity index (χ3n) is 5.34. The molecule has 0 radical (unpaired) electrons. The SMILES string of the molecule is CCCN1C[C@H]2CC[C@@H]1CN(C(=O)c1cnc3nc(C)[nH]n3c1=O)C2. The van der Waals surface area contributed by atoms with Crippen LogP contribution in [0.1, 0.15) is 42.4 Å². The van der Waals surface area contributed by atoms with Gasteiger partial charge in [-0.3, -0.25) is 19.6 Å². The minimum absolute atomic E-state index is 0.115. The van der Waals surface area contributed by atoms with Gasteiger partial charge in [0.05, 0.1) is 0 Å². The Hall–Kier alpha value is -2.22. The Kier molecular flexibility index (Phi) is 4.07. The summed E-state index contributed by atoms with van der Waals surface area (Å²) in [7, 11) is 0. The highest BCUT2D eigenvalue weighted by atomic mass is 16.2. The van der Waals surface area contributed by atoms with Crippen molar-refractivity contribution in [1.82, 2.24) is 29.4 Å². The fourth-order valence-corrected chi connectivity index (χ4v) is 4.19. The molecule has 134 valence electrons. The molecule has 0 aliphatic carbocycles. The molecule has 25 heavy (non-hydrogen) atoms. The molecule has 2 aromatic rings. The molecule has 2 atom stereocenters. The zero-order valence-corrected chi connectivity index (χ0v) is 14.7. The molecule has 1 N–H and O–H groups in total. The lowest BCUT2D eigenvalue weighted by Crippen LogP contribution is -2.45. The van der Waals surface area contributed by atoms with Crippen LogP contribution in [0.25, 0.3) is 5.78 Å². The lowest BCUT2D eigenvalue weighted by atomic mass is 9.95. The predicted octanol–water partition coefficient (Wildman–Crippen LogP) is 0.672. The van der Waals surface area contributed by atoms with Crippen LogP contribution in [-0.2, 0) is 0 Å². The first-order valence-electron chi connectivity index (χ1n) is 9.04. The second-order valence-electron chi connectivity index (χ2n) is 7.22. The molecule has 8 nitrogen and oxygen atoms in total. The number of carbonyl (C=O) groups excluding carboxylic acids is 1. The van der Waals surface area contributed by atoms with Crippen molar-refractivity contribution in [1.29, 1.82) is 0 Å². The monoisotopic (exact) mass is 344 g/mol. The quantitative estimate of drug-likeness (QED) is 0.884. The van der Waals surface area contributed by atoms with Crippen molar-refractivity contribution in [2.45, 2.75) is 39.2 Å². The van der Waals surface area contributed by atoms with Gasteiger partial charge in [-0.25, -0.2) is 4.98 Å². The summed E-state index contributed by atoms with van der Waals surface area (Å²) in [6.07, 6.45) is 4.78. The summed E-state index contributed by atoms with van der Waals surface area (Å²) in [4.78, 5) is 38.3. The Morgan fingerprint density at radius 3 is 2.96 bits per heavy atom. The van der Waals surface area contributed by atoms with Crippen molar-refractivity contribution in [3.05, 3.63) is 27.9 Å². The third-order valence-corrected chi connectivity index (χ3v) is 5.34. The normalized spacial score (nSPS) is 24.0. The van der Waals surface area contributed by atoms with Crippen LogP contribution in [0, 0.1) is 12.8 Å². The maximum Gasteiger partial charge on any atom is 0.286 e. The van der Waals surface area contributed by atoms with E-state index in [1.807, 2.05) is 4.90 Å². The van der Waals surface area contributed by atoms with Crippen molar-refractivity contribution >= 4 is 11.7 Å². The number of carbonyl (C=O) groups is 1. The second kappa shape index (κ2) is 6.25. The van der Waals surface area contributed by atoms with E-state index in [0.717, 1.165) is 38.9 Å². The molecule has 0 saturated carbocycles. The minimum Gasteiger partial charge on any atom is -0.337 e. The number of nitrogens with one attached hydrogen (secondary N) is 1. The zero-order valence-electron chi connectivity index (χ0n) is 14.7. The van der Waals surface area contributed by atoms with Crippen LogP contribution < -0.4 is 5.56 Å². The van der Waals surface area contributed by atoms with Crippen molar-refractivity contribution < 1.29 is 4.79 Å². The Balaban J connectivity index is 1.63. The van der Waals surface area contributed by atoms with Gasteiger partial charge in [0.2, 0.25) is 0 Å². The van der Waals surface area contributed by atoms with Gasteiger partial charge < -0.3 is 4.90 Å². The van der Waals surface area contributed by atoms with Crippen LogP contribution in [0.2, 0.25) is 0 Å². The van der Waals surface area contributed by atoms with E-state index >= 15 is 0 Å². The molecular weight excluding hydrogens is 320 g/mol. The lowest BCUT2D eigenvalue weighted by molar-refractivity contribution is 0.0735. The van der Waals surface area contributed by atoms with Crippen LogP contribution in [0.5, 0.6) is 0 Å². The highest BCUT2D eigenvalue weighted by Gasteiger charge is 2.36. The Morgan fingerprint density at radius 2 is 2.16 bits per heavy atom. The molecular formula is C17H24N6O2. The van der Waals surface area contributed by atoms with E-state index in [0.29, 0.717) is 30.1 Å². The molecule has 0 unspecified atom stereocenters. The summed E-state index contributed by atoms with van der Waals surface area (Å²) in [5, 5.41) is 2.84. The van der Waals surface area contributed by atoms with E-state index in [4.69, 9.17) is 0 Å². The van der Waals surface area contributed by atoms with Gasteiger partial charge in [0.25, 0.3) is 17.2 Å². The van der Waals surface area contributed by atoms with Gasteiger partial charge in [-0.15, -0.1) is 0 Å². The van der Waals surface area contributed by atoms with Crippen LogP contribution in [-0.4, -0.2) is 67.5 Å². The van der Waals surface area contributed by atoms with Crippen LogP contribution in [0.15, 0.2) is 11.0 Å². The summed E-state index contributed by atoms with van der Waals surface area (Å²) in [5.41, 5.74) is -0.262. The predicted molar refractivity (Wildman–Crippen MR) is 92.6 cm³/mol. The maximum atomic E-state index is 13.0. The van der Waals surface area contributed by atoms with E-state index in [-0.39, 0.29) is 17.0 Å². The van der Waals surface area contributed by atoms with Crippen LogP contribution in [0.3, 0.4) is 0 Å². The zero-order chi connectivity index (χ0) is 17.6. The number of amides is 1. The summed E-state index contributed by atoms with van der Waals surface area (Å²) in [5.74, 6) is 1.17. The van der Waals surface area contributed by atoms with Gasteiger partial charge in [-0.05, 0) is 38.6 Å². The fraction of sp³-hybridized carbons (Fsp3) is 0.647. The molecule has 1 amide bonds. The van der Waals surface area contributed by atoms with E-state index in [9.17, 15) is 9.59 Å². The smallest absolute Gasteiger partial charge is 0.286 e. The summed E-state index contributed by atoms with van der Waals surface area (Å²) >= 11 is 0. The first-order chi connectivity index (χ1) is 12.1. The average molecular weight is 344 g/mol. The molecule has 2 bridgehead atoms. The van der Waals surface area contributed by atoms with Crippen LogP contribution in [0.4, 0.5) is 0 Å². The Bertz CT molecular complexity index is 856. The number of fused-ring (bicyclic) bond motifs is 5. The first-order valence-corrected chi connectivity index (χ1v) is 9.04. The molecule has 3 aliphatic heterocycles.